The van der Waals surface area contributed by atoms with Crippen LogP contribution >= 0.6 is 0 Å². The number of rotatable bonds is 41. The molecule has 0 N–H and O–H groups in total. The summed E-state index contributed by atoms with van der Waals surface area (Å²) in [4.78, 5) is 25.3. The predicted octanol–water partition coefficient (Wildman–Crippen LogP) is 12.3. The van der Waals surface area contributed by atoms with Crippen LogP contribution in [-0.4, -0.2) is 38.1 Å². The van der Waals surface area contributed by atoms with Gasteiger partial charge in [-0.1, -0.05) is 204 Å². The molecule has 0 atom stereocenters. The SMILES string of the molecule is C/C=C/CCCCCCCCCCCCCCCCCCOC(=O)c1ccc(S(=O)(=O)[O-])cc1C(=O)OCCCCCCCCCCCCCCCCCC/C=C/C.[Na+]. The molecule has 59 heavy (non-hydrogen) atoms. The van der Waals surface area contributed by atoms with Gasteiger partial charge in [0.2, 0.25) is 0 Å². The Hall–Kier alpha value is -1.45. The number of esters is 2. The van der Waals surface area contributed by atoms with Gasteiger partial charge in [0.05, 0.1) is 29.2 Å². The molecule has 1 aromatic carbocycles. The van der Waals surface area contributed by atoms with Crippen LogP contribution in [0, 0.1) is 0 Å². The molecule has 0 aromatic heterocycles. The molecule has 0 bridgehead atoms. The first-order chi connectivity index (χ1) is 28.3. The predicted molar refractivity (Wildman–Crippen MR) is 242 cm³/mol. The van der Waals surface area contributed by atoms with Crippen LogP contribution in [0.5, 0.6) is 0 Å². The fourth-order valence-corrected chi connectivity index (χ4v) is 8.02. The van der Waals surface area contributed by atoms with Crippen molar-refractivity contribution in [2.24, 2.45) is 0 Å². The van der Waals surface area contributed by atoms with Crippen molar-refractivity contribution < 1.29 is 61.6 Å². The first kappa shape index (κ1) is 57.5. The van der Waals surface area contributed by atoms with Gasteiger partial charge in [0, 0.05) is 0 Å². The normalized spacial score (nSPS) is 11.7. The standard InChI is InChI=1S/C50H86O7S.Na/c1-3-5-7-9-11-13-15-17-19-21-23-25-27-29-31-33-35-37-39-43-56-49(51)47-42-41-46(58(53,54)55)45-48(47)50(52)57-44-40-38-36-34-32-30-28-26-24-22-20-18-16-14-12-10-8-6-4-2;/h3-6,41-42,45H,7-40,43-44H2,1-2H3,(H,53,54,55);/q;+1/p-1/b5-3+,6-4+;. The van der Waals surface area contributed by atoms with E-state index in [1.54, 1.807) is 0 Å². The Bertz CT molecular complexity index is 1310. The third-order valence-corrected chi connectivity index (χ3v) is 12.0. The van der Waals surface area contributed by atoms with Gasteiger partial charge < -0.3 is 14.0 Å². The molecule has 0 radical (unpaired) electrons. The van der Waals surface area contributed by atoms with Crippen molar-refractivity contribution in [1.82, 2.24) is 0 Å². The molecule has 1 rings (SSSR count). The van der Waals surface area contributed by atoms with Crippen LogP contribution in [0.25, 0.3) is 0 Å². The Kier molecular flexibility index (Phi) is 40.9. The maximum Gasteiger partial charge on any atom is 1.00 e. The van der Waals surface area contributed by atoms with Gasteiger partial charge in [-0.05, 0) is 70.6 Å². The second kappa shape index (κ2) is 41.9. The molecular weight excluding hydrogens is 768 g/mol. The number of unbranched alkanes of at least 4 members (excludes halogenated alkanes) is 32. The fourth-order valence-electron chi connectivity index (χ4n) is 7.52. The molecule has 0 aliphatic carbocycles. The number of carbonyl (C=O) groups is 2. The summed E-state index contributed by atoms with van der Waals surface area (Å²) in [6, 6.07) is 3.15. The molecule has 0 spiro atoms. The van der Waals surface area contributed by atoms with Crippen molar-refractivity contribution >= 4 is 22.1 Å². The summed E-state index contributed by atoms with van der Waals surface area (Å²) >= 11 is 0. The van der Waals surface area contributed by atoms with E-state index in [1.807, 2.05) is 0 Å². The minimum atomic E-state index is -4.82. The molecule has 7 nitrogen and oxygen atoms in total. The zero-order valence-electron chi connectivity index (χ0n) is 38.3. The van der Waals surface area contributed by atoms with E-state index in [-0.39, 0.29) is 53.9 Å². The number of carbonyl (C=O) groups excluding carboxylic acids is 2. The first-order valence-electron chi connectivity index (χ1n) is 24.0. The third kappa shape index (κ3) is 34.8. The van der Waals surface area contributed by atoms with Gasteiger partial charge >= 0.3 is 41.5 Å². The first-order valence-corrected chi connectivity index (χ1v) is 25.4. The molecule has 0 saturated carbocycles. The average Bonchev–Trinajstić information content (AvgIpc) is 3.21. The summed E-state index contributed by atoms with van der Waals surface area (Å²) in [5.74, 6) is -1.54. The summed E-state index contributed by atoms with van der Waals surface area (Å²) in [5.41, 5.74) is -0.330. The van der Waals surface area contributed by atoms with Crippen LogP contribution < -0.4 is 29.6 Å². The second-order valence-corrected chi connectivity index (χ2v) is 17.8. The second-order valence-electron chi connectivity index (χ2n) is 16.5. The fraction of sp³-hybridized carbons (Fsp3) is 0.760. The van der Waals surface area contributed by atoms with Gasteiger partial charge in [-0.2, -0.15) is 0 Å². The Morgan fingerprint density at radius 1 is 0.458 bits per heavy atom. The van der Waals surface area contributed by atoms with Gasteiger partial charge in [-0.25, -0.2) is 18.0 Å². The molecule has 0 amide bonds. The van der Waals surface area contributed by atoms with Crippen LogP contribution in [0.4, 0.5) is 0 Å². The molecule has 0 aliphatic heterocycles. The van der Waals surface area contributed by atoms with Crippen LogP contribution in [-0.2, 0) is 19.6 Å². The zero-order valence-corrected chi connectivity index (χ0v) is 41.1. The van der Waals surface area contributed by atoms with Gasteiger partial charge in [0.15, 0.2) is 0 Å². The van der Waals surface area contributed by atoms with E-state index in [9.17, 15) is 22.6 Å². The number of hydrogen-bond donors (Lipinski definition) is 0. The minimum Gasteiger partial charge on any atom is -0.744 e. The minimum absolute atomic E-state index is 0. The molecule has 0 unspecified atom stereocenters. The number of ether oxygens (including phenoxy) is 2. The average molecular weight is 853 g/mol. The maximum atomic E-state index is 13.0. The molecule has 0 fully saturated rings. The van der Waals surface area contributed by atoms with Crippen molar-refractivity contribution in [3.8, 4) is 0 Å². The Labute approximate surface area is 385 Å². The molecule has 1 aromatic rings. The van der Waals surface area contributed by atoms with Crippen LogP contribution in [0.3, 0.4) is 0 Å². The number of allylic oxidation sites excluding steroid dienone is 4. The van der Waals surface area contributed by atoms with E-state index in [0.29, 0.717) is 12.8 Å². The van der Waals surface area contributed by atoms with E-state index in [1.165, 1.54) is 179 Å². The quantitative estimate of drug-likeness (QED) is 0.0212. The van der Waals surface area contributed by atoms with Gasteiger partial charge in [0.1, 0.15) is 10.1 Å². The van der Waals surface area contributed by atoms with Crippen LogP contribution in [0.15, 0.2) is 47.4 Å². The van der Waals surface area contributed by atoms with Crippen molar-refractivity contribution in [2.75, 3.05) is 13.2 Å². The van der Waals surface area contributed by atoms with Gasteiger partial charge in [0.25, 0.3) is 0 Å². The molecule has 0 saturated heterocycles. The van der Waals surface area contributed by atoms with E-state index in [0.717, 1.165) is 44.2 Å². The summed E-state index contributed by atoms with van der Waals surface area (Å²) in [5, 5.41) is 0. The summed E-state index contributed by atoms with van der Waals surface area (Å²) < 4.78 is 45.9. The van der Waals surface area contributed by atoms with Gasteiger partial charge in [-0.3, -0.25) is 0 Å². The Balaban J connectivity index is 0.0000336. The van der Waals surface area contributed by atoms with Crippen LogP contribution in [0.1, 0.15) is 253 Å². The Morgan fingerprint density at radius 3 is 1.02 bits per heavy atom. The third-order valence-electron chi connectivity index (χ3n) is 11.2. The molecule has 9 heteroatoms. The van der Waals surface area contributed by atoms with Crippen LogP contribution in [0.2, 0.25) is 0 Å². The number of benzene rings is 1. The van der Waals surface area contributed by atoms with Crippen molar-refractivity contribution in [3.05, 3.63) is 53.6 Å². The smallest absolute Gasteiger partial charge is 0.744 e. The topological polar surface area (TPSA) is 110 Å². The molecule has 334 valence electrons. The van der Waals surface area contributed by atoms with Crippen molar-refractivity contribution in [1.29, 1.82) is 0 Å². The maximum absolute atomic E-state index is 13.0. The molecular formula is C50H85NaO7S. The van der Waals surface area contributed by atoms with Crippen molar-refractivity contribution in [3.63, 3.8) is 0 Å². The van der Waals surface area contributed by atoms with E-state index >= 15 is 0 Å². The molecule has 0 aliphatic rings. The Morgan fingerprint density at radius 2 is 0.729 bits per heavy atom. The summed E-state index contributed by atoms with van der Waals surface area (Å²) in [6.45, 7) is 4.56. The van der Waals surface area contributed by atoms with E-state index < -0.39 is 27.0 Å². The number of hydrogen-bond acceptors (Lipinski definition) is 7. The summed E-state index contributed by atoms with van der Waals surface area (Å²) in [6.07, 6.45) is 51.0. The van der Waals surface area contributed by atoms with E-state index in [4.69, 9.17) is 9.47 Å². The largest absolute Gasteiger partial charge is 1.00 e. The zero-order chi connectivity index (χ0) is 42.2. The molecule has 0 heterocycles. The summed E-state index contributed by atoms with van der Waals surface area (Å²) in [7, 11) is -4.82. The van der Waals surface area contributed by atoms with Gasteiger partial charge in [-0.15, -0.1) is 0 Å². The van der Waals surface area contributed by atoms with Crippen molar-refractivity contribution in [2.45, 2.75) is 237 Å². The van der Waals surface area contributed by atoms with E-state index in [2.05, 4.69) is 38.2 Å². The monoisotopic (exact) mass is 853 g/mol.